The molecule has 1 aromatic heterocycles. The number of nitrogens with zero attached hydrogens (tertiary/aromatic N) is 1. The van der Waals surface area contributed by atoms with Crippen molar-refractivity contribution in [1.29, 1.82) is 0 Å². The SMILES string of the molecule is O=C(OC(=O)C(F)(F)F)N(Cc1ccccc1)c1cccs1. The topological polar surface area (TPSA) is 46.6 Å². The number of benzene rings is 1. The van der Waals surface area contributed by atoms with Crippen molar-refractivity contribution in [3.63, 3.8) is 0 Å². The van der Waals surface area contributed by atoms with Gasteiger partial charge in [0.1, 0.15) is 5.00 Å². The van der Waals surface area contributed by atoms with Crippen LogP contribution in [0.5, 0.6) is 0 Å². The second-order valence-electron chi connectivity index (χ2n) is 4.18. The zero-order valence-electron chi connectivity index (χ0n) is 11.0. The predicted octanol–water partition coefficient (Wildman–Crippen LogP) is 3.98. The fourth-order valence-corrected chi connectivity index (χ4v) is 2.33. The van der Waals surface area contributed by atoms with Gasteiger partial charge in [0.05, 0.1) is 6.54 Å². The van der Waals surface area contributed by atoms with Gasteiger partial charge < -0.3 is 4.74 Å². The van der Waals surface area contributed by atoms with Crippen LogP contribution in [0, 0.1) is 0 Å². The molecule has 0 aliphatic rings. The number of thiophene rings is 1. The number of amides is 1. The highest BCUT2D eigenvalue weighted by molar-refractivity contribution is 7.14. The molecule has 0 fully saturated rings. The van der Waals surface area contributed by atoms with Gasteiger partial charge in [0, 0.05) is 0 Å². The average molecular weight is 329 g/mol. The van der Waals surface area contributed by atoms with E-state index in [9.17, 15) is 22.8 Å². The van der Waals surface area contributed by atoms with Gasteiger partial charge in [-0.05, 0) is 23.1 Å². The van der Waals surface area contributed by atoms with Crippen LogP contribution in [0.25, 0.3) is 0 Å². The van der Waals surface area contributed by atoms with E-state index in [1.165, 1.54) is 0 Å². The lowest BCUT2D eigenvalue weighted by Gasteiger charge is -2.20. The van der Waals surface area contributed by atoms with Gasteiger partial charge in [0.2, 0.25) is 0 Å². The standard InChI is InChI=1S/C14H10F3NO3S/c15-14(16,17)12(19)21-13(20)18(11-7-4-8-22-11)9-10-5-2-1-3-6-10/h1-8H,9H2. The van der Waals surface area contributed by atoms with Crippen LogP contribution < -0.4 is 4.90 Å². The molecule has 0 aliphatic heterocycles. The molecule has 0 saturated heterocycles. The molecule has 0 aliphatic carbocycles. The van der Waals surface area contributed by atoms with E-state index in [-0.39, 0.29) is 6.54 Å². The maximum absolute atomic E-state index is 12.2. The molecule has 0 saturated carbocycles. The van der Waals surface area contributed by atoms with Crippen LogP contribution in [0.15, 0.2) is 47.8 Å². The molecule has 0 atom stereocenters. The fourth-order valence-electron chi connectivity index (χ4n) is 1.61. The Labute approximate surface area is 127 Å². The van der Waals surface area contributed by atoms with Crippen LogP contribution in [0.4, 0.5) is 23.0 Å². The highest BCUT2D eigenvalue weighted by Crippen LogP contribution is 2.25. The summed E-state index contributed by atoms with van der Waals surface area (Å²) in [6.45, 7) is -0.00861. The van der Waals surface area contributed by atoms with E-state index in [0.29, 0.717) is 10.6 Å². The van der Waals surface area contributed by atoms with Crippen molar-refractivity contribution in [1.82, 2.24) is 0 Å². The number of alkyl halides is 3. The highest BCUT2D eigenvalue weighted by atomic mass is 32.1. The number of carbonyl (C=O) groups excluding carboxylic acids is 2. The van der Waals surface area contributed by atoms with Crippen molar-refractivity contribution < 1.29 is 27.5 Å². The Kier molecular flexibility index (Phi) is 4.81. The molecule has 1 aromatic carbocycles. The number of ether oxygens (including phenoxy) is 1. The first kappa shape index (κ1) is 16.0. The first-order chi connectivity index (χ1) is 10.4. The monoisotopic (exact) mass is 329 g/mol. The van der Waals surface area contributed by atoms with E-state index in [1.807, 2.05) is 0 Å². The summed E-state index contributed by atoms with van der Waals surface area (Å²) in [4.78, 5) is 23.7. The van der Waals surface area contributed by atoms with E-state index in [2.05, 4.69) is 4.74 Å². The molecule has 0 N–H and O–H groups in total. The van der Waals surface area contributed by atoms with Gasteiger partial charge in [0.25, 0.3) is 0 Å². The number of carbonyl (C=O) groups is 2. The molecule has 4 nitrogen and oxygen atoms in total. The summed E-state index contributed by atoms with van der Waals surface area (Å²) >= 11 is 1.15. The molecule has 2 rings (SSSR count). The average Bonchev–Trinajstić information content (AvgIpc) is 2.98. The Hall–Kier alpha value is -2.35. The van der Waals surface area contributed by atoms with Gasteiger partial charge >= 0.3 is 18.2 Å². The molecular formula is C14H10F3NO3S. The van der Waals surface area contributed by atoms with Crippen molar-refractivity contribution in [3.8, 4) is 0 Å². The number of esters is 1. The summed E-state index contributed by atoms with van der Waals surface area (Å²) in [6.07, 6.45) is -6.59. The molecule has 1 heterocycles. The molecule has 0 unspecified atom stereocenters. The van der Waals surface area contributed by atoms with E-state index in [1.54, 1.807) is 47.8 Å². The number of hydrogen-bond donors (Lipinski definition) is 0. The van der Waals surface area contributed by atoms with Crippen molar-refractivity contribution >= 4 is 28.4 Å². The number of anilines is 1. The number of hydrogen-bond acceptors (Lipinski definition) is 4. The number of halogens is 3. The lowest BCUT2D eigenvalue weighted by Crippen LogP contribution is -2.36. The Balaban J connectivity index is 2.18. The summed E-state index contributed by atoms with van der Waals surface area (Å²) in [7, 11) is 0. The van der Waals surface area contributed by atoms with Gasteiger partial charge in [-0.1, -0.05) is 30.3 Å². The van der Waals surface area contributed by atoms with Gasteiger partial charge in [0.15, 0.2) is 0 Å². The normalized spacial score (nSPS) is 11.0. The van der Waals surface area contributed by atoms with Crippen LogP contribution in [0.2, 0.25) is 0 Å². The van der Waals surface area contributed by atoms with Gasteiger partial charge in [-0.25, -0.2) is 9.59 Å². The molecule has 0 bridgehead atoms. The summed E-state index contributed by atoms with van der Waals surface area (Å²) in [5, 5.41) is 2.04. The van der Waals surface area contributed by atoms with E-state index >= 15 is 0 Å². The minimum absolute atomic E-state index is 0.00861. The Morgan fingerprint density at radius 3 is 2.32 bits per heavy atom. The first-order valence-corrected chi connectivity index (χ1v) is 6.94. The molecule has 1 amide bonds. The Morgan fingerprint density at radius 2 is 1.77 bits per heavy atom. The summed E-state index contributed by atoms with van der Waals surface area (Å²) < 4.78 is 40.5. The maximum atomic E-state index is 12.2. The summed E-state index contributed by atoms with van der Waals surface area (Å²) in [5.41, 5.74) is 0.687. The smallest absolute Gasteiger partial charge is 0.369 e. The minimum atomic E-state index is -5.22. The van der Waals surface area contributed by atoms with Gasteiger partial charge in [-0.2, -0.15) is 13.2 Å². The fraction of sp³-hybridized carbons (Fsp3) is 0.143. The van der Waals surface area contributed by atoms with Crippen LogP contribution in [-0.4, -0.2) is 18.2 Å². The van der Waals surface area contributed by atoms with Crippen LogP contribution in [-0.2, 0) is 16.1 Å². The number of rotatable bonds is 3. The third-order valence-electron chi connectivity index (χ3n) is 2.59. The molecule has 116 valence electrons. The van der Waals surface area contributed by atoms with Gasteiger partial charge in [-0.3, -0.25) is 4.90 Å². The van der Waals surface area contributed by atoms with Crippen LogP contribution in [0.1, 0.15) is 5.56 Å². The zero-order valence-corrected chi connectivity index (χ0v) is 11.9. The van der Waals surface area contributed by atoms with Crippen molar-refractivity contribution in [2.45, 2.75) is 12.7 Å². The molecule has 2 aromatic rings. The molecular weight excluding hydrogens is 319 g/mol. The lowest BCUT2D eigenvalue weighted by atomic mass is 10.2. The zero-order chi connectivity index (χ0) is 16.2. The lowest BCUT2D eigenvalue weighted by molar-refractivity contribution is -0.192. The second kappa shape index (κ2) is 6.61. The van der Waals surface area contributed by atoms with E-state index < -0.39 is 18.2 Å². The first-order valence-electron chi connectivity index (χ1n) is 6.06. The largest absolute Gasteiger partial charge is 0.491 e. The molecule has 22 heavy (non-hydrogen) atoms. The van der Waals surface area contributed by atoms with Gasteiger partial charge in [-0.15, -0.1) is 11.3 Å². The van der Waals surface area contributed by atoms with Crippen molar-refractivity contribution in [2.75, 3.05) is 4.90 Å². The van der Waals surface area contributed by atoms with E-state index in [4.69, 9.17) is 0 Å². The van der Waals surface area contributed by atoms with Crippen molar-refractivity contribution in [2.24, 2.45) is 0 Å². The Morgan fingerprint density at radius 1 is 1.09 bits per heavy atom. The molecule has 8 heteroatoms. The maximum Gasteiger partial charge on any atom is 0.491 e. The minimum Gasteiger partial charge on any atom is -0.369 e. The third-order valence-corrected chi connectivity index (χ3v) is 3.48. The molecule has 0 spiro atoms. The van der Waals surface area contributed by atoms with Crippen LogP contribution in [0.3, 0.4) is 0 Å². The third kappa shape index (κ3) is 4.08. The predicted molar refractivity (Wildman–Crippen MR) is 74.5 cm³/mol. The summed E-state index contributed by atoms with van der Waals surface area (Å²) in [6, 6.07) is 11.8. The quantitative estimate of drug-likeness (QED) is 0.632. The summed E-state index contributed by atoms with van der Waals surface area (Å²) in [5.74, 6) is -2.54. The second-order valence-corrected chi connectivity index (χ2v) is 5.10. The molecule has 0 radical (unpaired) electrons. The van der Waals surface area contributed by atoms with Crippen molar-refractivity contribution in [3.05, 3.63) is 53.4 Å². The highest BCUT2D eigenvalue weighted by Gasteiger charge is 2.43. The van der Waals surface area contributed by atoms with E-state index in [0.717, 1.165) is 16.2 Å². The Bertz CT molecular complexity index is 641. The van der Waals surface area contributed by atoms with Crippen LogP contribution >= 0.6 is 11.3 Å².